The predicted molar refractivity (Wildman–Crippen MR) is 452 cm³/mol. The van der Waals surface area contributed by atoms with Crippen LogP contribution in [0.5, 0.6) is 11.5 Å². The second-order valence-corrected chi connectivity index (χ2v) is 29.5. The maximum absolute atomic E-state index is 13.6. The molecule has 0 amide bonds. The number of halogens is 11. The summed E-state index contributed by atoms with van der Waals surface area (Å²) in [6, 6.07) is 45.2. The topological polar surface area (TPSA) is 141 Å². The monoisotopic (exact) mass is 1640 g/mol. The molecule has 0 spiro atoms. The fourth-order valence-corrected chi connectivity index (χ4v) is 14.7. The number of rotatable bonds is 8. The summed E-state index contributed by atoms with van der Waals surface area (Å²) >= 11 is 17.8. The molecule has 0 bridgehead atoms. The van der Waals surface area contributed by atoms with Gasteiger partial charge in [0.2, 0.25) is 6.79 Å². The molecule has 8 aromatic carbocycles. The molecule has 0 aliphatic carbocycles. The van der Waals surface area contributed by atoms with Gasteiger partial charge in [0, 0.05) is 253 Å². The molecule has 0 saturated carbocycles. The number of aryl methyl sites for hydroxylation is 1. The van der Waals surface area contributed by atoms with Crippen molar-refractivity contribution in [1.29, 1.82) is 0 Å². The number of benzene rings is 8. The number of hydrogen-bond donors (Lipinski definition) is 8. The Morgan fingerprint density at radius 3 is 1.14 bits per heavy atom. The molecule has 9 heterocycles. The maximum atomic E-state index is 13.6. The van der Waals surface area contributed by atoms with Gasteiger partial charge in [-0.2, -0.15) is 0 Å². The molecule has 0 radical (unpaired) electrons. The van der Waals surface area contributed by atoms with Crippen molar-refractivity contribution < 1.29 is 44.6 Å². The number of piperazine rings is 5. The van der Waals surface area contributed by atoms with Crippen molar-refractivity contribution in [1.82, 2.24) is 42.5 Å². The van der Waals surface area contributed by atoms with Crippen LogP contribution in [0.2, 0.25) is 15.1 Å². The summed E-state index contributed by atoms with van der Waals surface area (Å²) in [5.74, 6) is -3.51. The lowest BCUT2D eigenvalue weighted by atomic mass is 10.2. The van der Waals surface area contributed by atoms with E-state index in [-0.39, 0.29) is 11.5 Å². The van der Waals surface area contributed by atoms with E-state index >= 15 is 0 Å². The summed E-state index contributed by atoms with van der Waals surface area (Å²) in [6.07, 6.45) is 3.44. The van der Waals surface area contributed by atoms with E-state index in [9.17, 15) is 35.1 Å². The Bertz CT molecular complexity index is 4040. The quantitative estimate of drug-likeness (QED) is 0.0684. The van der Waals surface area contributed by atoms with Crippen molar-refractivity contribution in [3.63, 3.8) is 0 Å². The third kappa shape index (κ3) is 28.6. The molecule has 114 heavy (non-hydrogen) atoms. The summed E-state index contributed by atoms with van der Waals surface area (Å²) in [6.45, 7) is 32.4. The number of fused-ring (bicyclic) bond motifs is 1. The molecule has 17 rings (SSSR count). The highest BCUT2D eigenvalue weighted by Crippen LogP contribution is 2.36. The Labute approximate surface area is 681 Å². The van der Waals surface area contributed by atoms with Gasteiger partial charge < -0.3 is 91.2 Å². The molecular weight excluding hydrogens is 1540 g/mol. The highest BCUT2D eigenvalue weighted by molar-refractivity contribution is 6.36. The van der Waals surface area contributed by atoms with E-state index in [0.717, 1.165) is 233 Å². The van der Waals surface area contributed by atoms with Crippen molar-refractivity contribution in [3.8, 4) is 11.5 Å². The SMILES string of the molecule is Cc1ccc(N2CCNCC2)c(F)c1.Clc1ccc(N2CCCNCC2)cc1.Clc1ccc(N2CCNCC2)c(Cl)c1.Fc1cc(F)c(N2CCNCC2)c(F)c1.Fc1ccc(N2CCCNCC2)c(F)c1.Fc1ccc(N2CCNCC2)cc1F.c1cc2c(cc1N1CCNCC1)OCO2.c1ccc(N2CCCNCC2)cc1. The van der Waals surface area contributed by atoms with Crippen LogP contribution < -0.4 is 91.2 Å². The first-order valence-corrected chi connectivity index (χ1v) is 40.8. The predicted octanol–water partition coefficient (Wildman–Crippen LogP) is 13.1. The Morgan fingerprint density at radius 1 is 0.272 bits per heavy atom. The average molecular weight is 1650 g/mol. The van der Waals surface area contributed by atoms with Gasteiger partial charge in [0.05, 0.1) is 22.1 Å². The standard InChI is InChI=1S/C11H15ClN2.C11H14F2N2.C11H15FN2.C11H14N2O2.C11H16N2.C10H12Cl2N2.C10H11F3N2.C10H12F2N2/c12-10-2-4-11(5-3-10)14-8-1-6-13-7-9-14;12-9-2-3-11(10(13)8-9)15-6-1-4-14-5-7-15;1-9-2-3-11(10(12)8-9)14-6-4-13-5-7-14;1-2-10-11(15-8-14-10)7-9(1)13-5-3-12-4-6-13;1-2-5-11(6-3-1)13-9-4-7-12-8-10-13;11-8-1-2-10(9(12)7-8)14-5-3-13-4-6-14;11-7-5-8(12)10(9(13)6-7)15-3-1-14-2-4-15;11-9-2-1-8(7-10(9)12)14-5-3-13-4-6-14/h2-5,13H,1,6-9H2;2-3,8,14H,1,4-7H2;2-3,8,13H,4-7H2,1H3;1-2,7,12H,3-6,8H2;1-3,5-6,12H,4,7-10H2;1-2,7,13H,3-6H2;5-6,14H,1-4H2;1-2,7,13H,3-6H2. The summed E-state index contributed by atoms with van der Waals surface area (Å²) in [7, 11) is 0. The smallest absolute Gasteiger partial charge is 0.231 e. The van der Waals surface area contributed by atoms with E-state index in [1.54, 1.807) is 23.1 Å². The highest BCUT2D eigenvalue weighted by Gasteiger charge is 2.23. The third-order valence-corrected chi connectivity index (χ3v) is 20.9. The molecule has 0 unspecified atom stereocenters. The fraction of sp³-hybridized carbons (Fsp3) is 0.435. The van der Waals surface area contributed by atoms with Crippen LogP contribution in [0.25, 0.3) is 0 Å². The molecule has 18 nitrogen and oxygen atoms in total. The molecule has 9 aliphatic rings. The van der Waals surface area contributed by atoms with E-state index in [1.165, 1.54) is 60.7 Å². The van der Waals surface area contributed by atoms with Crippen LogP contribution in [0.4, 0.5) is 80.6 Å². The van der Waals surface area contributed by atoms with Crippen molar-refractivity contribution in [2.75, 3.05) is 255 Å². The fourth-order valence-electron chi connectivity index (χ4n) is 14.1. The van der Waals surface area contributed by atoms with Gasteiger partial charge in [0.25, 0.3) is 0 Å². The van der Waals surface area contributed by atoms with Crippen LogP contribution in [-0.4, -0.2) is 216 Å². The first-order chi connectivity index (χ1) is 55.5. The lowest BCUT2D eigenvalue weighted by Gasteiger charge is -2.30. The normalized spacial score (nSPS) is 17.7. The second-order valence-electron chi connectivity index (χ2n) is 28.3. The number of nitrogens with one attached hydrogen (secondary N) is 8. The molecule has 618 valence electrons. The molecule has 0 atom stereocenters. The van der Waals surface area contributed by atoms with Gasteiger partial charge >= 0.3 is 0 Å². The molecule has 8 saturated heterocycles. The van der Waals surface area contributed by atoms with Crippen molar-refractivity contribution in [3.05, 3.63) is 225 Å². The Morgan fingerprint density at radius 2 is 0.649 bits per heavy atom. The zero-order valence-corrected chi connectivity index (χ0v) is 67.3. The average Bonchev–Trinajstić information content (AvgIpc) is 1.52. The maximum Gasteiger partial charge on any atom is 0.231 e. The summed E-state index contributed by atoms with van der Waals surface area (Å²) in [4.78, 5) is 17.1. The number of ether oxygens (including phenoxy) is 2. The van der Waals surface area contributed by atoms with Gasteiger partial charge in [-0.3, -0.25) is 0 Å². The summed E-state index contributed by atoms with van der Waals surface area (Å²) in [5, 5.41) is 28.4. The van der Waals surface area contributed by atoms with Gasteiger partial charge in [-0.25, -0.2) is 35.1 Å². The van der Waals surface area contributed by atoms with Crippen LogP contribution in [0.1, 0.15) is 24.8 Å². The van der Waals surface area contributed by atoms with Gasteiger partial charge in [-0.1, -0.05) is 59.1 Å². The van der Waals surface area contributed by atoms with E-state index in [0.29, 0.717) is 55.8 Å². The second kappa shape index (κ2) is 47.7. The van der Waals surface area contributed by atoms with Crippen molar-refractivity contribution in [2.24, 2.45) is 0 Å². The van der Waals surface area contributed by atoms with Gasteiger partial charge in [-0.05, 0) is 155 Å². The highest BCUT2D eigenvalue weighted by atomic mass is 35.5. The first-order valence-electron chi connectivity index (χ1n) is 39.6. The third-order valence-electron chi connectivity index (χ3n) is 20.2. The van der Waals surface area contributed by atoms with Crippen LogP contribution in [0.3, 0.4) is 0 Å². The van der Waals surface area contributed by atoms with E-state index in [4.69, 9.17) is 44.3 Å². The van der Waals surface area contributed by atoms with Crippen LogP contribution >= 0.6 is 34.8 Å². The molecule has 8 fully saturated rings. The first kappa shape index (κ1) is 88.1. The van der Waals surface area contributed by atoms with E-state index < -0.39 is 40.7 Å². The zero-order chi connectivity index (χ0) is 80.2. The van der Waals surface area contributed by atoms with Crippen molar-refractivity contribution in [2.45, 2.75) is 26.2 Å². The number of nitrogens with zero attached hydrogens (tertiary/aromatic N) is 8. The number of anilines is 8. The Kier molecular flexibility index (Phi) is 36.9. The molecule has 0 aromatic heterocycles. The van der Waals surface area contributed by atoms with Crippen LogP contribution in [0.15, 0.2) is 158 Å². The van der Waals surface area contributed by atoms with E-state index in [1.807, 2.05) is 59.2 Å². The lowest BCUT2D eigenvalue weighted by Crippen LogP contribution is -2.44. The van der Waals surface area contributed by atoms with Gasteiger partial charge in [-0.15, -0.1) is 0 Å². The van der Waals surface area contributed by atoms with Crippen LogP contribution in [-0.2, 0) is 0 Å². The molecule has 8 N–H and O–H groups in total. The Balaban J connectivity index is 0.000000138. The number of hydrogen-bond acceptors (Lipinski definition) is 18. The van der Waals surface area contributed by atoms with E-state index in [2.05, 4.69) is 122 Å². The summed E-state index contributed by atoms with van der Waals surface area (Å²) < 4.78 is 115. The summed E-state index contributed by atoms with van der Waals surface area (Å²) in [5.41, 5.74) is 7.77. The largest absolute Gasteiger partial charge is 0.454 e. The number of para-hydroxylation sites is 1. The molecule has 8 aromatic rings. The van der Waals surface area contributed by atoms with Crippen molar-refractivity contribution >= 4 is 80.3 Å². The minimum atomic E-state index is -0.885. The van der Waals surface area contributed by atoms with Gasteiger partial charge in [0.1, 0.15) is 29.0 Å². The molecular formula is C85H109Cl3F8N16O2. The Hall–Kier alpha value is -8.25. The zero-order valence-electron chi connectivity index (χ0n) is 65.0. The minimum Gasteiger partial charge on any atom is -0.454 e. The van der Waals surface area contributed by atoms with Gasteiger partial charge in [0.15, 0.2) is 34.8 Å². The van der Waals surface area contributed by atoms with Crippen LogP contribution in [0, 0.1) is 53.5 Å². The molecule has 29 heteroatoms. The molecule has 9 aliphatic heterocycles. The lowest BCUT2D eigenvalue weighted by molar-refractivity contribution is 0.174. The minimum absolute atomic E-state index is 0.105.